The molecule has 17 heavy (non-hydrogen) atoms. The molecule has 0 fully saturated rings. The predicted octanol–water partition coefficient (Wildman–Crippen LogP) is 2.32. The lowest BCUT2D eigenvalue weighted by molar-refractivity contribution is 0.286. The summed E-state index contributed by atoms with van der Waals surface area (Å²) in [5.74, 6) is 1.04. The van der Waals surface area contributed by atoms with Gasteiger partial charge in [-0.1, -0.05) is 22.8 Å². The Morgan fingerprint density at radius 1 is 1.53 bits per heavy atom. The van der Waals surface area contributed by atoms with Crippen molar-refractivity contribution in [2.75, 3.05) is 0 Å². The van der Waals surface area contributed by atoms with Gasteiger partial charge in [-0.25, -0.2) is 0 Å². The van der Waals surface area contributed by atoms with Gasteiger partial charge < -0.3 is 15.0 Å². The predicted molar refractivity (Wildman–Crippen MR) is 62.7 cm³/mol. The first-order valence-electron chi connectivity index (χ1n) is 5.10. The fourth-order valence-corrected chi connectivity index (χ4v) is 1.56. The minimum absolute atomic E-state index is 0.0567. The molecule has 90 valence electrons. The van der Waals surface area contributed by atoms with Crippen molar-refractivity contribution in [1.82, 2.24) is 10.1 Å². The molecule has 0 spiro atoms. The van der Waals surface area contributed by atoms with Crippen molar-refractivity contribution < 1.29 is 9.26 Å². The molecule has 0 amide bonds. The van der Waals surface area contributed by atoms with E-state index in [1.165, 1.54) is 6.39 Å². The van der Waals surface area contributed by atoms with Gasteiger partial charge in [0.25, 0.3) is 0 Å². The number of benzene rings is 1. The Kier molecular flexibility index (Phi) is 3.61. The van der Waals surface area contributed by atoms with Crippen molar-refractivity contribution in [3.05, 3.63) is 41.0 Å². The van der Waals surface area contributed by atoms with Gasteiger partial charge in [-0.3, -0.25) is 0 Å². The maximum atomic E-state index is 6.07. The van der Waals surface area contributed by atoms with Gasteiger partial charge >= 0.3 is 0 Å². The molecule has 0 aliphatic rings. The van der Waals surface area contributed by atoms with Crippen LogP contribution in [0, 0.1) is 0 Å². The number of rotatable bonds is 4. The lowest BCUT2D eigenvalue weighted by Crippen LogP contribution is -2.05. The van der Waals surface area contributed by atoms with Crippen LogP contribution in [0.25, 0.3) is 0 Å². The van der Waals surface area contributed by atoms with Crippen molar-refractivity contribution in [1.29, 1.82) is 0 Å². The molecular formula is C11H12ClN3O2. The third-order valence-electron chi connectivity index (χ3n) is 2.25. The molecule has 1 atom stereocenters. The highest BCUT2D eigenvalue weighted by Gasteiger charge is 2.07. The molecule has 0 saturated heterocycles. The molecule has 2 rings (SSSR count). The monoisotopic (exact) mass is 253 g/mol. The van der Waals surface area contributed by atoms with Gasteiger partial charge in [-0.2, -0.15) is 4.98 Å². The van der Waals surface area contributed by atoms with Gasteiger partial charge in [-0.05, 0) is 24.6 Å². The number of halogens is 1. The summed E-state index contributed by atoms with van der Waals surface area (Å²) in [6, 6.07) is 5.39. The normalized spacial score (nSPS) is 12.4. The number of aromatic nitrogens is 2. The molecule has 5 nitrogen and oxygen atoms in total. The van der Waals surface area contributed by atoms with Crippen molar-refractivity contribution >= 4 is 11.6 Å². The van der Waals surface area contributed by atoms with E-state index < -0.39 is 0 Å². The second-order valence-electron chi connectivity index (χ2n) is 3.61. The molecule has 0 aliphatic carbocycles. The summed E-state index contributed by atoms with van der Waals surface area (Å²) in [5.41, 5.74) is 6.71. The van der Waals surface area contributed by atoms with Crippen molar-refractivity contribution in [2.24, 2.45) is 5.73 Å². The quantitative estimate of drug-likeness (QED) is 0.905. The second-order valence-corrected chi connectivity index (χ2v) is 4.02. The summed E-state index contributed by atoms with van der Waals surface area (Å²) in [6.07, 6.45) is 1.25. The number of ether oxygens (including phenoxy) is 1. The molecule has 1 heterocycles. The van der Waals surface area contributed by atoms with Crippen LogP contribution in [0.5, 0.6) is 5.75 Å². The van der Waals surface area contributed by atoms with Crippen LogP contribution in [0.1, 0.15) is 24.4 Å². The highest BCUT2D eigenvalue weighted by molar-refractivity contribution is 6.32. The maximum Gasteiger partial charge on any atom is 0.213 e. The molecule has 1 unspecified atom stereocenters. The minimum atomic E-state index is -0.0567. The van der Waals surface area contributed by atoms with E-state index in [-0.39, 0.29) is 12.6 Å². The lowest BCUT2D eigenvalue weighted by Gasteiger charge is -2.09. The van der Waals surface area contributed by atoms with E-state index in [2.05, 4.69) is 14.7 Å². The van der Waals surface area contributed by atoms with Gasteiger partial charge in [0.1, 0.15) is 5.75 Å². The van der Waals surface area contributed by atoms with E-state index in [4.69, 9.17) is 22.1 Å². The highest BCUT2D eigenvalue weighted by atomic mass is 35.5. The summed E-state index contributed by atoms with van der Waals surface area (Å²) >= 11 is 6.07. The van der Waals surface area contributed by atoms with E-state index in [1.54, 1.807) is 12.1 Å². The largest absolute Gasteiger partial charge is 0.484 e. The molecule has 2 aromatic rings. The molecule has 0 bridgehead atoms. The smallest absolute Gasteiger partial charge is 0.213 e. The van der Waals surface area contributed by atoms with Crippen molar-refractivity contribution in [2.45, 2.75) is 19.6 Å². The van der Waals surface area contributed by atoms with E-state index in [0.29, 0.717) is 16.6 Å². The average Bonchev–Trinajstić information content (AvgIpc) is 2.80. The Morgan fingerprint density at radius 3 is 2.94 bits per heavy atom. The SMILES string of the molecule is CC(N)c1ccc(OCc2ncon2)c(Cl)c1. The van der Waals surface area contributed by atoms with Crippen LogP contribution < -0.4 is 10.5 Å². The second kappa shape index (κ2) is 5.16. The fraction of sp³-hybridized carbons (Fsp3) is 0.273. The molecule has 1 aromatic carbocycles. The van der Waals surface area contributed by atoms with Crippen LogP contribution >= 0.6 is 11.6 Å². The lowest BCUT2D eigenvalue weighted by atomic mass is 10.1. The molecule has 0 aliphatic heterocycles. The zero-order valence-corrected chi connectivity index (χ0v) is 10.0. The standard InChI is InChI=1S/C11H12ClN3O2/c1-7(13)8-2-3-10(9(12)4-8)16-5-11-14-6-17-15-11/h2-4,6-7H,5,13H2,1H3. The van der Waals surface area contributed by atoms with E-state index in [9.17, 15) is 0 Å². The Balaban J connectivity index is 2.06. The summed E-state index contributed by atoms with van der Waals surface area (Å²) in [7, 11) is 0. The van der Waals surface area contributed by atoms with Gasteiger partial charge in [0, 0.05) is 6.04 Å². The number of hydrogen-bond acceptors (Lipinski definition) is 5. The third kappa shape index (κ3) is 2.95. The van der Waals surface area contributed by atoms with E-state index >= 15 is 0 Å². The number of nitrogens with two attached hydrogens (primary N) is 1. The Morgan fingerprint density at radius 2 is 2.35 bits per heavy atom. The first-order valence-corrected chi connectivity index (χ1v) is 5.47. The zero-order valence-electron chi connectivity index (χ0n) is 9.26. The van der Waals surface area contributed by atoms with Crippen LogP contribution in [0.2, 0.25) is 5.02 Å². The first-order chi connectivity index (χ1) is 8.16. The Hall–Kier alpha value is -1.59. The Bertz CT molecular complexity index is 485. The first kappa shape index (κ1) is 11.9. The van der Waals surface area contributed by atoms with Crippen molar-refractivity contribution in [3.8, 4) is 5.75 Å². The van der Waals surface area contributed by atoms with E-state index in [1.807, 2.05) is 13.0 Å². The highest BCUT2D eigenvalue weighted by Crippen LogP contribution is 2.27. The van der Waals surface area contributed by atoms with Crippen LogP contribution in [0.15, 0.2) is 29.1 Å². The summed E-state index contributed by atoms with van der Waals surface area (Å²) in [6.45, 7) is 2.11. The number of nitrogens with zero attached hydrogens (tertiary/aromatic N) is 2. The van der Waals surface area contributed by atoms with Crippen LogP contribution in [0.3, 0.4) is 0 Å². The number of hydrogen-bond donors (Lipinski definition) is 1. The van der Waals surface area contributed by atoms with Gasteiger partial charge in [0.2, 0.25) is 12.2 Å². The summed E-state index contributed by atoms with van der Waals surface area (Å²) < 4.78 is 10.1. The zero-order chi connectivity index (χ0) is 12.3. The maximum absolute atomic E-state index is 6.07. The van der Waals surface area contributed by atoms with Crippen LogP contribution in [0.4, 0.5) is 0 Å². The van der Waals surface area contributed by atoms with Crippen LogP contribution in [-0.2, 0) is 6.61 Å². The van der Waals surface area contributed by atoms with E-state index in [0.717, 1.165) is 5.56 Å². The molecule has 2 N–H and O–H groups in total. The summed E-state index contributed by atoms with van der Waals surface area (Å²) in [4.78, 5) is 3.84. The topological polar surface area (TPSA) is 74.2 Å². The Labute approximate surface area is 104 Å². The minimum Gasteiger partial charge on any atom is -0.484 e. The van der Waals surface area contributed by atoms with Gasteiger partial charge in [0.15, 0.2) is 6.61 Å². The fourth-order valence-electron chi connectivity index (χ4n) is 1.32. The molecule has 0 radical (unpaired) electrons. The van der Waals surface area contributed by atoms with Crippen molar-refractivity contribution in [3.63, 3.8) is 0 Å². The molecule has 1 aromatic heterocycles. The van der Waals surface area contributed by atoms with Gasteiger partial charge in [-0.15, -0.1) is 0 Å². The molecular weight excluding hydrogens is 242 g/mol. The molecule has 6 heteroatoms. The summed E-state index contributed by atoms with van der Waals surface area (Å²) in [5, 5.41) is 4.15. The van der Waals surface area contributed by atoms with Crippen LogP contribution in [-0.4, -0.2) is 10.1 Å². The average molecular weight is 254 g/mol. The molecule has 0 saturated carbocycles. The third-order valence-corrected chi connectivity index (χ3v) is 2.54. The van der Waals surface area contributed by atoms with Gasteiger partial charge in [0.05, 0.1) is 5.02 Å².